The van der Waals surface area contributed by atoms with Crippen LogP contribution in [0.5, 0.6) is 0 Å². The zero-order valence-electron chi connectivity index (χ0n) is 9.57. The number of rotatable bonds is 7. The third-order valence-electron chi connectivity index (χ3n) is 2.73. The van der Waals surface area contributed by atoms with Gasteiger partial charge in [-0.1, -0.05) is 0 Å². The van der Waals surface area contributed by atoms with E-state index in [-0.39, 0.29) is 12.3 Å². The lowest BCUT2D eigenvalue weighted by Gasteiger charge is -2.15. The largest absolute Gasteiger partial charge is 0.481 e. The van der Waals surface area contributed by atoms with Crippen molar-refractivity contribution in [2.24, 2.45) is 0 Å². The van der Waals surface area contributed by atoms with Crippen LogP contribution >= 0.6 is 0 Å². The molecule has 5 heteroatoms. The van der Waals surface area contributed by atoms with Gasteiger partial charge in [0.1, 0.15) is 0 Å². The third-order valence-corrected chi connectivity index (χ3v) is 2.73. The Bertz CT molecular complexity index is 237. The topological polar surface area (TPSA) is 69.6 Å². The van der Waals surface area contributed by atoms with Crippen LogP contribution in [0.3, 0.4) is 0 Å². The number of hydrogen-bond donors (Lipinski definition) is 2. The highest BCUT2D eigenvalue weighted by molar-refractivity contribution is 5.78. The SMILES string of the molecule is O=C(O)CCCCNCC(=O)N1CCCC1. The Labute approximate surface area is 95.8 Å². The Morgan fingerprint density at radius 1 is 1.19 bits per heavy atom. The van der Waals surface area contributed by atoms with Crippen molar-refractivity contribution in [1.82, 2.24) is 10.2 Å². The van der Waals surface area contributed by atoms with Crippen LogP contribution in [-0.4, -0.2) is 48.1 Å². The minimum absolute atomic E-state index is 0.163. The van der Waals surface area contributed by atoms with E-state index in [4.69, 9.17) is 5.11 Å². The van der Waals surface area contributed by atoms with Crippen molar-refractivity contribution in [1.29, 1.82) is 0 Å². The quantitative estimate of drug-likeness (QED) is 0.621. The summed E-state index contributed by atoms with van der Waals surface area (Å²) in [6.07, 6.45) is 3.91. The van der Waals surface area contributed by atoms with E-state index in [1.54, 1.807) is 0 Å². The van der Waals surface area contributed by atoms with Crippen molar-refractivity contribution < 1.29 is 14.7 Å². The first-order chi connectivity index (χ1) is 7.70. The second-order valence-electron chi connectivity index (χ2n) is 4.12. The second kappa shape index (κ2) is 7.22. The Morgan fingerprint density at radius 3 is 2.50 bits per heavy atom. The molecular weight excluding hydrogens is 208 g/mol. The highest BCUT2D eigenvalue weighted by Gasteiger charge is 2.16. The van der Waals surface area contributed by atoms with E-state index in [0.717, 1.165) is 32.4 Å². The normalized spacial score (nSPS) is 15.4. The number of nitrogens with zero attached hydrogens (tertiary/aromatic N) is 1. The van der Waals surface area contributed by atoms with E-state index < -0.39 is 5.97 Å². The van der Waals surface area contributed by atoms with Gasteiger partial charge < -0.3 is 15.3 Å². The fourth-order valence-electron chi connectivity index (χ4n) is 1.80. The van der Waals surface area contributed by atoms with Crippen molar-refractivity contribution in [3.8, 4) is 0 Å². The smallest absolute Gasteiger partial charge is 0.303 e. The molecule has 0 aromatic rings. The summed E-state index contributed by atoms with van der Waals surface area (Å²) in [5.74, 6) is -0.594. The van der Waals surface area contributed by atoms with E-state index in [0.29, 0.717) is 19.5 Å². The maximum Gasteiger partial charge on any atom is 0.303 e. The molecule has 0 radical (unpaired) electrons. The molecule has 1 amide bonds. The predicted octanol–water partition coefficient (Wildman–Crippen LogP) is 0.453. The molecule has 0 spiro atoms. The second-order valence-corrected chi connectivity index (χ2v) is 4.12. The summed E-state index contributed by atoms with van der Waals surface area (Å²) in [5.41, 5.74) is 0. The molecule has 16 heavy (non-hydrogen) atoms. The van der Waals surface area contributed by atoms with Crippen molar-refractivity contribution in [2.45, 2.75) is 32.1 Å². The first-order valence-corrected chi connectivity index (χ1v) is 5.90. The molecule has 1 aliphatic heterocycles. The van der Waals surface area contributed by atoms with Crippen molar-refractivity contribution in [3.63, 3.8) is 0 Å². The molecule has 0 atom stereocenters. The van der Waals surface area contributed by atoms with E-state index in [2.05, 4.69) is 5.32 Å². The molecule has 92 valence electrons. The van der Waals surface area contributed by atoms with Gasteiger partial charge in [0.25, 0.3) is 0 Å². The molecule has 0 saturated carbocycles. The number of nitrogens with one attached hydrogen (secondary N) is 1. The summed E-state index contributed by atoms with van der Waals surface area (Å²) in [6, 6.07) is 0. The molecule has 0 aromatic carbocycles. The van der Waals surface area contributed by atoms with E-state index in [1.807, 2.05) is 4.90 Å². The van der Waals surface area contributed by atoms with Gasteiger partial charge in [-0.15, -0.1) is 0 Å². The number of likely N-dealkylation sites (tertiary alicyclic amines) is 1. The van der Waals surface area contributed by atoms with Crippen LogP contribution in [0.2, 0.25) is 0 Å². The summed E-state index contributed by atoms with van der Waals surface area (Å²) in [5, 5.41) is 11.5. The number of aliphatic carboxylic acids is 1. The molecule has 1 heterocycles. The standard InChI is InChI=1S/C11H20N2O3/c14-10(13-7-3-4-8-13)9-12-6-2-1-5-11(15)16/h12H,1-9H2,(H,15,16). The lowest BCUT2D eigenvalue weighted by atomic mass is 10.2. The van der Waals surface area contributed by atoms with Crippen LogP contribution in [0.25, 0.3) is 0 Å². The summed E-state index contributed by atoms with van der Waals surface area (Å²) in [7, 11) is 0. The van der Waals surface area contributed by atoms with Gasteiger partial charge in [-0.2, -0.15) is 0 Å². The third kappa shape index (κ3) is 5.11. The maximum absolute atomic E-state index is 11.6. The average molecular weight is 228 g/mol. The lowest BCUT2D eigenvalue weighted by Crippen LogP contribution is -2.36. The maximum atomic E-state index is 11.6. The summed E-state index contributed by atoms with van der Waals surface area (Å²) in [6.45, 7) is 2.87. The first-order valence-electron chi connectivity index (χ1n) is 5.90. The number of amides is 1. The van der Waals surface area contributed by atoms with Gasteiger partial charge in [0.15, 0.2) is 0 Å². The van der Waals surface area contributed by atoms with E-state index in [1.165, 1.54) is 0 Å². The van der Waals surface area contributed by atoms with Gasteiger partial charge in [0, 0.05) is 19.5 Å². The van der Waals surface area contributed by atoms with Gasteiger partial charge in [-0.05, 0) is 32.2 Å². The number of carbonyl (C=O) groups is 2. The number of carboxylic acids is 1. The van der Waals surface area contributed by atoms with Gasteiger partial charge >= 0.3 is 5.97 Å². The Hall–Kier alpha value is -1.10. The fraction of sp³-hybridized carbons (Fsp3) is 0.818. The molecule has 0 bridgehead atoms. The van der Waals surface area contributed by atoms with Gasteiger partial charge in [-0.25, -0.2) is 0 Å². The summed E-state index contributed by atoms with van der Waals surface area (Å²) < 4.78 is 0. The molecule has 2 N–H and O–H groups in total. The molecular formula is C11H20N2O3. The van der Waals surface area contributed by atoms with Gasteiger partial charge in [0.05, 0.1) is 6.54 Å². The van der Waals surface area contributed by atoms with Crippen LogP contribution in [0.1, 0.15) is 32.1 Å². The van der Waals surface area contributed by atoms with Crippen LogP contribution < -0.4 is 5.32 Å². The molecule has 5 nitrogen and oxygen atoms in total. The molecule has 1 fully saturated rings. The van der Waals surface area contributed by atoms with Crippen LogP contribution in [0.4, 0.5) is 0 Å². The Morgan fingerprint density at radius 2 is 1.88 bits per heavy atom. The highest BCUT2D eigenvalue weighted by Crippen LogP contribution is 2.06. The minimum atomic E-state index is -0.756. The van der Waals surface area contributed by atoms with Crippen molar-refractivity contribution in [3.05, 3.63) is 0 Å². The number of carboxylic acid groups (broad SMARTS) is 1. The minimum Gasteiger partial charge on any atom is -0.481 e. The van der Waals surface area contributed by atoms with Crippen molar-refractivity contribution >= 4 is 11.9 Å². The predicted molar refractivity (Wildman–Crippen MR) is 60.2 cm³/mol. The Balaban J connectivity index is 1.94. The first kappa shape index (κ1) is 13.0. The van der Waals surface area contributed by atoms with Crippen LogP contribution in [-0.2, 0) is 9.59 Å². The number of unbranched alkanes of at least 4 members (excludes halogenated alkanes) is 1. The molecule has 1 aliphatic rings. The zero-order valence-corrected chi connectivity index (χ0v) is 9.57. The van der Waals surface area contributed by atoms with Crippen molar-refractivity contribution in [2.75, 3.05) is 26.2 Å². The fourth-order valence-corrected chi connectivity index (χ4v) is 1.80. The van der Waals surface area contributed by atoms with Gasteiger partial charge in [0.2, 0.25) is 5.91 Å². The molecule has 1 rings (SSSR count). The summed E-state index contributed by atoms with van der Waals surface area (Å²) >= 11 is 0. The van der Waals surface area contributed by atoms with E-state index >= 15 is 0 Å². The van der Waals surface area contributed by atoms with E-state index in [9.17, 15) is 9.59 Å². The van der Waals surface area contributed by atoms with Crippen LogP contribution in [0, 0.1) is 0 Å². The number of hydrogen-bond acceptors (Lipinski definition) is 3. The number of carbonyl (C=O) groups excluding carboxylic acids is 1. The summed E-state index contributed by atoms with van der Waals surface area (Å²) in [4.78, 5) is 23.7. The zero-order chi connectivity index (χ0) is 11.8. The molecule has 0 aromatic heterocycles. The molecule has 0 unspecified atom stereocenters. The Kier molecular flexibility index (Phi) is 5.85. The molecule has 0 aliphatic carbocycles. The lowest BCUT2D eigenvalue weighted by molar-refractivity contribution is -0.137. The average Bonchev–Trinajstić information content (AvgIpc) is 2.75. The molecule has 1 saturated heterocycles. The van der Waals surface area contributed by atoms with Crippen LogP contribution in [0.15, 0.2) is 0 Å². The highest BCUT2D eigenvalue weighted by atomic mass is 16.4. The van der Waals surface area contributed by atoms with Gasteiger partial charge in [-0.3, -0.25) is 9.59 Å². The monoisotopic (exact) mass is 228 g/mol.